The lowest BCUT2D eigenvalue weighted by atomic mass is 10.1. The number of nitrogens with zero attached hydrogens (tertiary/aromatic N) is 6. The van der Waals surface area contributed by atoms with Crippen molar-refractivity contribution in [3.05, 3.63) is 166 Å². The van der Waals surface area contributed by atoms with Crippen molar-refractivity contribution in [2.24, 2.45) is 5.73 Å². The van der Waals surface area contributed by atoms with E-state index in [1.807, 2.05) is 90.3 Å². The van der Waals surface area contributed by atoms with E-state index in [2.05, 4.69) is 45.9 Å². The summed E-state index contributed by atoms with van der Waals surface area (Å²) in [4.78, 5) is 59.7. The quantitative estimate of drug-likeness (QED) is 0.0785. The van der Waals surface area contributed by atoms with Crippen LogP contribution in [0.1, 0.15) is 27.3 Å². The first-order valence-corrected chi connectivity index (χ1v) is 21.6. The Hall–Kier alpha value is -6.21. The van der Waals surface area contributed by atoms with E-state index >= 15 is 0 Å². The van der Waals surface area contributed by atoms with E-state index in [1.165, 1.54) is 34.0 Å². The fourth-order valence-corrected chi connectivity index (χ4v) is 7.95. The van der Waals surface area contributed by atoms with Crippen LogP contribution in [0.5, 0.6) is 0 Å². The zero-order valence-electron chi connectivity index (χ0n) is 31.3. The molecule has 0 unspecified atom stereocenters. The number of carbonyl (C=O) groups is 3. The molecule has 8 aromatic rings. The summed E-state index contributed by atoms with van der Waals surface area (Å²) in [6.07, 6.45) is 12.0. The Kier molecular flexibility index (Phi) is 16.3. The standard InChI is InChI=1S/C21H19N5OS2.C17H16N4OS.C4H3NOS/c27-20(26-19-12-24-21(29-19)16-6-8-22-9-7-16)18(10-15-4-2-1-3-5-15)23-11-17-13-28-14-25-17;18-14(10-12-4-2-1-3-5-12)16(22)21-15-11-20-17(23-15)13-6-8-19-9-7-13;6-1-4-2-7-3-5-4/h1-9,12-14,18,23H,10-11H2,(H,26,27);1-9,11,14H,10,18H2,(H,21,22);1-3H/t18-;14-;/m00./s1. The molecule has 17 heteroatoms. The minimum absolute atomic E-state index is 0.0889. The van der Waals surface area contributed by atoms with Crippen LogP contribution in [0.4, 0.5) is 10.0 Å². The average molecular weight is 859 g/mol. The fraction of sp³-hybridized carbons (Fsp3) is 0.119. The molecular weight excluding hydrogens is 821 g/mol. The van der Waals surface area contributed by atoms with Gasteiger partial charge in [-0.15, -0.1) is 22.7 Å². The van der Waals surface area contributed by atoms with Crippen LogP contribution in [0.25, 0.3) is 21.1 Å². The van der Waals surface area contributed by atoms with Crippen LogP contribution in [-0.2, 0) is 29.0 Å². The molecular formula is C42H38N10O3S4. The first-order chi connectivity index (χ1) is 28.9. The number of aldehydes is 1. The number of anilines is 2. The lowest BCUT2D eigenvalue weighted by molar-refractivity contribution is -0.118. The first kappa shape index (κ1) is 42.4. The largest absolute Gasteiger partial charge is 0.320 e. The van der Waals surface area contributed by atoms with Gasteiger partial charge in [-0.05, 0) is 48.2 Å². The second-order valence-electron chi connectivity index (χ2n) is 12.4. The number of aromatic nitrogens is 6. The molecule has 6 heterocycles. The van der Waals surface area contributed by atoms with Gasteiger partial charge in [0.25, 0.3) is 0 Å². The Labute approximate surface area is 356 Å². The Morgan fingerprint density at radius 3 is 1.66 bits per heavy atom. The molecule has 298 valence electrons. The van der Waals surface area contributed by atoms with E-state index in [-0.39, 0.29) is 17.9 Å². The molecule has 2 atom stereocenters. The van der Waals surface area contributed by atoms with Gasteiger partial charge >= 0.3 is 0 Å². The predicted molar refractivity (Wildman–Crippen MR) is 236 cm³/mol. The van der Waals surface area contributed by atoms with Crippen molar-refractivity contribution in [1.29, 1.82) is 0 Å². The second-order valence-corrected chi connectivity index (χ2v) is 15.9. The topological polar surface area (TPSA) is 191 Å². The van der Waals surface area contributed by atoms with Crippen LogP contribution >= 0.6 is 45.3 Å². The van der Waals surface area contributed by atoms with Gasteiger partial charge in [-0.3, -0.25) is 29.7 Å². The third-order valence-electron chi connectivity index (χ3n) is 8.18. The molecule has 0 aliphatic heterocycles. The van der Waals surface area contributed by atoms with Crippen molar-refractivity contribution in [3.63, 3.8) is 0 Å². The summed E-state index contributed by atoms with van der Waals surface area (Å²) in [5.74, 6) is -0.298. The molecule has 0 saturated heterocycles. The van der Waals surface area contributed by atoms with E-state index in [4.69, 9.17) is 5.73 Å². The minimum Gasteiger partial charge on any atom is -0.320 e. The van der Waals surface area contributed by atoms with Crippen LogP contribution in [0.3, 0.4) is 0 Å². The third kappa shape index (κ3) is 13.7. The van der Waals surface area contributed by atoms with Gasteiger partial charge in [0.2, 0.25) is 11.8 Å². The summed E-state index contributed by atoms with van der Waals surface area (Å²) >= 11 is 5.82. The number of benzene rings is 2. The summed E-state index contributed by atoms with van der Waals surface area (Å²) < 4.78 is 0. The molecule has 13 nitrogen and oxygen atoms in total. The second kappa shape index (κ2) is 22.7. The molecule has 0 bridgehead atoms. The van der Waals surface area contributed by atoms with Gasteiger partial charge in [-0.1, -0.05) is 83.3 Å². The van der Waals surface area contributed by atoms with Crippen molar-refractivity contribution in [2.45, 2.75) is 31.5 Å². The molecule has 0 aliphatic rings. The number of hydrogen-bond acceptors (Lipinski definition) is 15. The van der Waals surface area contributed by atoms with Crippen LogP contribution in [0, 0.1) is 0 Å². The van der Waals surface area contributed by atoms with Crippen molar-refractivity contribution in [2.75, 3.05) is 10.6 Å². The third-order valence-corrected chi connectivity index (χ3v) is 11.3. The van der Waals surface area contributed by atoms with E-state index in [0.717, 1.165) is 49.3 Å². The number of nitrogens with two attached hydrogens (primary N) is 1. The summed E-state index contributed by atoms with van der Waals surface area (Å²) in [5, 5.41) is 15.9. The Balaban J connectivity index is 0.000000173. The SMILES string of the molecule is N[C@@H](Cc1ccccc1)C(=O)Nc1cnc(-c2ccncc2)s1.O=C(Nc1cnc(-c2ccncc2)s1)[C@H](Cc1ccccc1)NCc1cscn1.O=Cc1cscn1. The molecule has 5 N–H and O–H groups in total. The number of nitrogens with one attached hydrogen (secondary N) is 3. The maximum atomic E-state index is 13.0. The highest BCUT2D eigenvalue weighted by Gasteiger charge is 2.20. The van der Waals surface area contributed by atoms with Gasteiger partial charge in [-0.25, -0.2) is 19.9 Å². The highest BCUT2D eigenvalue weighted by Crippen LogP contribution is 2.29. The summed E-state index contributed by atoms with van der Waals surface area (Å²) in [6, 6.07) is 26.3. The highest BCUT2D eigenvalue weighted by molar-refractivity contribution is 7.19. The minimum atomic E-state index is -0.594. The Bertz CT molecular complexity index is 2430. The number of pyridine rings is 2. The smallest absolute Gasteiger partial charge is 0.242 e. The highest BCUT2D eigenvalue weighted by atomic mass is 32.1. The lowest BCUT2D eigenvalue weighted by Gasteiger charge is -2.17. The molecule has 2 amide bonds. The lowest BCUT2D eigenvalue weighted by Crippen LogP contribution is -2.41. The molecule has 8 rings (SSSR count). The van der Waals surface area contributed by atoms with E-state index in [0.29, 0.717) is 30.1 Å². The summed E-state index contributed by atoms with van der Waals surface area (Å²) in [6.45, 7) is 0.541. The van der Waals surface area contributed by atoms with Crippen molar-refractivity contribution < 1.29 is 14.4 Å². The molecule has 6 aromatic heterocycles. The zero-order valence-corrected chi connectivity index (χ0v) is 34.6. The monoisotopic (exact) mass is 858 g/mol. The Morgan fingerprint density at radius 2 is 1.17 bits per heavy atom. The molecule has 0 fully saturated rings. The van der Waals surface area contributed by atoms with Crippen LogP contribution in [0.2, 0.25) is 0 Å². The van der Waals surface area contributed by atoms with Gasteiger partial charge < -0.3 is 16.4 Å². The maximum Gasteiger partial charge on any atom is 0.242 e. The number of thiazole rings is 4. The summed E-state index contributed by atoms with van der Waals surface area (Å²) in [7, 11) is 0. The van der Waals surface area contributed by atoms with Gasteiger partial charge in [0.05, 0.1) is 41.2 Å². The number of carbonyl (C=O) groups excluding carboxylic acids is 3. The molecule has 2 aromatic carbocycles. The zero-order chi connectivity index (χ0) is 41.1. The van der Waals surface area contributed by atoms with Gasteiger partial charge in [0.15, 0.2) is 6.29 Å². The summed E-state index contributed by atoms with van der Waals surface area (Å²) in [5.41, 5.74) is 14.9. The predicted octanol–water partition coefficient (Wildman–Crippen LogP) is 7.67. The molecule has 59 heavy (non-hydrogen) atoms. The van der Waals surface area contributed by atoms with E-state index < -0.39 is 6.04 Å². The van der Waals surface area contributed by atoms with E-state index in [9.17, 15) is 14.4 Å². The van der Waals surface area contributed by atoms with Gasteiger partial charge in [-0.2, -0.15) is 0 Å². The fourth-order valence-electron chi connectivity index (χ4n) is 5.24. The molecule has 0 saturated carbocycles. The van der Waals surface area contributed by atoms with Crippen LogP contribution in [0.15, 0.2) is 144 Å². The normalized spacial score (nSPS) is 11.5. The molecule has 0 aliphatic carbocycles. The maximum absolute atomic E-state index is 13.0. The first-order valence-electron chi connectivity index (χ1n) is 18.0. The number of hydrogen-bond donors (Lipinski definition) is 4. The number of amides is 2. The average Bonchev–Trinajstić information content (AvgIpc) is 4.14. The van der Waals surface area contributed by atoms with Crippen molar-refractivity contribution in [1.82, 2.24) is 35.2 Å². The number of rotatable bonds is 14. The Morgan fingerprint density at radius 1 is 0.644 bits per heavy atom. The van der Waals surface area contributed by atoms with Gasteiger partial charge in [0, 0.05) is 53.2 Å². The van der Waals surface area contributed by atoms with Crippen LogP contribution < -0.4 is 21.7 Å². The van der Waals surface area contributed by atoms with Crippen molar-refractivity contribution >= 4 is 73.4 Å². The molecule has 0 spiro atoms. The molecule has 0 radical (unpaired) electrons. The van der Waals surface area contributed by atoms with Gasteiger partial charge in [0.1, 0.15) is 25.7 Å². The van der Waals surface area contributed by atoms with Crippen LogP contribution in [-0.4, -0.2) is 60.1 Å². The van der Waals surface area contributed by atoms with Crippen molar-refractivity contribution in [3.8, 4) is 21.1 Å². The van der Waals surface area contributed by atoms with E-state index in [1.54, 1.807) is 64.9 Å².